The van der Waals surface area contributed by atoms with Crippen LogP contribution >= 0.6 is 0 Å². The normalized spacial score (nSPS) is 7.23. The molecule has 0 aliphatic heterocycles. The smallest absolute Gasteiger partial charge is 0.431 e. The molecule has 5 heteroatoms. The second-order valence-corrected chi connectivity index (χ2v) is 2.67. The highest BCUT2D eigenvalue weighted by Gasteiger charge is 1.95. The fraction of sp³-hybridized carbons (Fsp3) is 0.250. The summed E-state index contributed by atoms with van der Waals surface area (Å²) in [6, 6.07) is 0. The van der Waals surface area contributed by atoms with Crippen molar-refractivity contribution in [2.24, 2.45) is 0 Å². The molecule has 0 atom stereocenters. The molecular weight excluding hydrogens is 188 g/mol. The Hall–Kier alpha value is -1.36. The predicted molar refractivity (Wildman–Crippen MR) is 52.5 cm³/mol. The summed E-state index contributed by atoms with van der Waals surface area (Å²) in [5.41, 5.74) is 0. The van der Waals surface area contributed by atoms with Gasteiger partial charge >= 0.3 is 10.0 Å². The van der Waals surface area contributed by atoms with Gasteiger partial charge in [-0.05, 0) is 0 Å². The molecule has 13 heavy (non-hydrogen) atoms. The molecule has 0 rings (SSSR count). The lowest BCUT2D eigenvalue weighted by Crippen LogP contribution is -2.11. The fourth-order valence-electron chi connectivity index (χ4n) is 0.195. The second kappa shape index (κ2) is 10.6. The maximum absolute atomic E-state index is 10.0. The highest BCUT2D eigenvalue weighted by molar-refractivity contribution is 6.25. The van der Waals surface area contributed by atoms with E-state index >= 15 is 0 Å². The largest absolute Gasteiger partial charge is 0.490 e. The number of carbonyl (C=O) groups is 2. The van der Waals surface area contributed by atoms with Gasteiger partial charge in [0.2, 0.25) is 0 Å². The van der Waals surface area contributed by atoms with E-state index < -0.39 is 21.9 Å². The second-order valence-electron chi connectivity index (χ2n) is 1.86. The van der Waals surface area contributed by atoms with Gasteiger partial charge in [0.25, 0.3) is 11.9 Å². The van der Waals surface area contributed by atoms with Crippen LogP contribution in [0.15, 0.2) is 25.3 Å². The maximum Gasteiger partial charge on any atom is 0.431 e. The summed E-state index contributed by atoms with van der Waals surface area (Å²) in [5.74, 6) is -0.800. The Morgan fingerprint density at radius 3 is 1.54 bits per heavy atom. The van der Waals surface area contributed by atoms with Gasteiger partial charge in [0, 0.05) is 13.8 Å². The van der Waals surface area contributed by atoms with Crippen LogP contribution in [0.2, 0.25) is 0 Å². The lowest BCUT2D eigenvalue weighted by atomic mass is 10.6. The maximum atomic E-state index is 10.0. The first-order valence-corrected chi connectivity index (χ1v) is 4.70. The van der Waals surface area contributed by atoms with Crippen LogP contribution in [0.25, 0.3) is 0 Å². The molecule has 0 aliphatic rings. The van der Waals surface area contributed by atoms with Crippen LogP contribution in [0.1, 0.15) is 13.8 Å². The Balaban J connectivity index is 0. The molecule has 4 nitrogen and oxygen atoms in total. The number of hydrogen-bond acceptors (Lipinski definition) is 4. The summed E-state index contributed by atoms with van der Waals surface area (Å²) in [6.45, 7) is 9.27. The molecule has 0 saturated heterocycles. The van der Waals surface area contributed by atoms with E-state index in [0.29, 0.717) is 0 Å². The first-order valence-electron chi connectivity index (χ1n) is 3.54. The van der Waals surface area contributed by atoms with Gasteiger partial charge in [0.15, 0.2) is 0 Å². The van der Waals surface area contributed by atoms with Crippen LogP contribution in [0, 0.1) is 0 Å². The van der Waals surface area contributed by atoms with Crippen molar-refractivity contribution < 1.29 is 18.4 Å². The van der Waals surface area contributed by atoms with Gasteiger partial charge in [-0.3, -0.25) is 9.59 Å². The Morgan fingerprint density at radius 1 is 1.08 bits per heavy atom. The lowest BCUT2D eigenvalue weighted by Gasteiger charge is -1.99. The van der Waals surface area contributed by atoms with Crippen LogP contribution in [0.3, 0.4) is 0 Å². The van der Waals surface area contributed by atoms with E-state index in [1.807, 2.05) is 0 Å². The van der Waals surface area contributed by atoms with E-state index in [2.05, 4.69) is 22.0 Å². The molecule has 0 aliphatic carbocycles. The van der Waals surface area contributed by atoms with Crippen molar-refractivity contribution in [1.29, 1.82) is 0 Å². The molecule has 0 fully saturated rings. The van der Waals surface area contributed by atoms with Crippen LogP contribution in [-0.4, -0.2) is 21.9 Å². The third kappa shape index (κ3) is 25.0. The van der Waals surface area contributed by atoms with Gasteiger partial charge in [-0.15, -0.1) is 0 Å². The summed E-state index contributed by atoms with van der Waals surface area (Å²) in [6.07, 6.45) is 3.28. The minimum absolute atomic E-state index is 0.400. The fourth-order valence-corrected chi connectivity index (χ4v) is 0.586. The third-order valence-corrected chi connectivity index (χ3v) is 1.74. The van der Waals surface area contributed by atoms with Crippen LogP contribution in [0.4, 0.5) is 0 Å². The first kappa shape index (κ1) is 14.2. The van der Waals surface area contributed by atoms with Crippen molar-refractivity contribution in [3.8, 4) is 0 Å². The molecule has 0 spiro atoms. The zero-order valence-corrected chi connectivity index (χ0v) is 9.32. The lowest BCUT2D eigenvalue weighted by molar-refractivity contribution is -0.136. The Bertz CT molecular complexity index is 169. The highest BCUT2D eigenvalue weighted by atomic mass is 28.3. The summed E-state index contributed by atoms with van der Waals surface area (Å²) < 4.78 is 8.82. The van der Waals surface area contributed by atoms with Crippen LogP contribution < -0.4 is 0 Å². The van der Waals surface area contributed by atoms with Gasteiger partial charge < -0.3 is 8.85 Å². The van der Waals surface area contributed by atoms with E-state index in [4.69, 9.17) is 0 Å². The van der Waals surface area contributed by atoms with E-state index in [1.165, 1.54) is 13.8 Å². The van der Waals surface area contributed by atoms with Crippen molar-refractivity contribution in [1.82, 2.24) is 0 Å². The number of rotatable bonds is 3. The van der Waals surface area contributed by atoms with Gasteiger partial charge in [0.05, 0.1) is 0 Å². The summed E-state index contributed by atoms with van der Waals surface area (Å²) in [4.78, 5) is 20.1. The van der Waals surface area contributed by atoms with Crippen molar-refractivity contribution >= 4 is 21.9 Å². The third-order valence-electron chi connectivity index (χ3n) is 0.691. The summed E-state index contributed by atoms with van der Waals surface area (Å²) in [7, 11) is -1.38. The topological polar surface area (TPSA) is 52.6 Å². The van der Waals surface area contributed by atoms with Gasteiger partial charge in [-0.2, -0.15) is 0 Å². The Kier molecular flexibility index (Phi) is 11.6. The van der Waals surface area contributed by atoms with Crippen LogP contribution in [-0.2, 0) is 18.4 Å². The standard InChI is InChI=1S/C4H8O4Si.C4H6/c1-3(5)7-9-8-4(2)6;1-3-4-2/h9H2,1-2H3;3-4H,1-2H2. The molecule has 0 amide bonds. The predicted octanol–water partition coefficient (Wildman–Crippen LogP) is 0.470. The van der Waals surface area contributed by atoms with E-state index in [9.17, 15) is 9.59 Å². The molecule has 0 saturated carbocycles. The molecule has 0 unspecified atom stereocenters. The average Bonchev–Trinajstić information content (AvgIpc) is 2.03. The number of carbonyl (C=O) groups excluding carboxylic acids is 2. The molecule has 0 aromatic rings. The van der Waals surface area contributed by atoms with E-state index in [-0.39, 0.29) is 0 Å². The summed E-state index contributed by atoms with van der Waals surface area (Å²) >= 11 is 0. The average molecular weight is 202 g/mol. The van der Waals surface area contributed by atoms with Crippen molar-refractivity contribution in [2.75, 3.05) is 0 Å². The van der Waals surface area contributed by atoms with E-state index in [1.54, 1.807) is 12.2 Å². The first-order chi connectivity index (χ1) is 6.04. The molecule has 0 aromatic carbocycles. The van der Waals surface area contributed by atoms with Gasteiger partial charge in [-0.25, -0.2) is 0 Å². The van der Waals surface area contributed by atoms with Gasteiger partial charge in [0.1, 0.15) is 0 Å². The Labute approximate surface area is 80.3 Å². The minimum atomic E-state index is -1.38. The van der Waals surface area contributed by atoms with Crippen molar-refractivity contribution in [3.63, 3.8) is 0 Å². The van der Waals surface area contributed by atoms with Crippen LogP contribution in [0.5, 0.6) is 0 Å². The molecular formula is C8H14O4Si. The number of hydrogen-bond donors (Lipinski definition) is 0. The SMILES string of the molecule is C=CC=C.CC(=O)O[SiH2]OC(C)=O. The molecule has 0 bridgehead atoms. The quantitative estimate of drug-likeness (QED) is 0.493. The van der Waals surface area contributed by atoms with Crippen molar-refractivity contribution in [3.05, 3.63) is 25.3 Å². The monoisotopic (exact) mass is 202 g/mol. The zero-order valence-electron chi connectivity index (χ0n) is 7.91. The number of allylic oxidation sites excluding steroid dienone is 2. The molecule has 0 aromatic heterocycles. The molecule has 74 valence electrons. The molecule has 0 N–H and O–H groups in total. The zero-order chi connectivity index (χ0) is 10.7. The molecule has 0 radical (unpaired) electrons. The van der Waals surface area contributed by atoms with E-state index in [0.717, 1.165) is 0 Å². The highest BCUT2D eigenvalue weighted by Crippen LogP contribution is 1.75. The molecule has 0 heterocycles. The summed E-state index contributed by atoms with van der Waals surface area (Å²) in [5, 5.41) is 0. The van der Waals surface area contributed by atoms with Crippen molar-refractivity contribution in [2.45, 2.75) is 13.8 Å². The van der Waals surface area contributed by atoms with Gasteiger partial charge in [-0.1, -0.05) is 25.3 Å². The Morgan fingerprint density at radius 2 is 1.38 bits per heavy atom. The minimum Gasteiger partial charge on any atom is -0.490 e.